The number of halogens is 7. The monoisotopic (exact) mass is 745 g/mol. The predicted molar refractivity (Wildman–Crippen MR) is 185 cm³/mol. The van der Waals surface area contributed by atoms with Crippen LogP contribution in [0.2, 0.25) is 0 Å². The molecule has 14 heteroatoms. The normalized spacial score (nSPS) is 17.1. The van der Waals surface area contributed by atoms with Crippen molar-refractivity contribution >= 4 is 17.5 Å². The van der Waals surface area contributed by atoms with Gasteiger partial charge in [-0.3, -0.25) is 14.5 Å². The summed E-state index contributed by atoms with van der Waals surface area (Å²) in [5, 5.41) is 12.7. The first-order chi connectivity index (χ1) is 24.9. The third-order valence-corrected chi connectivity index (χ3v) is 9.11. The molecule has 0 fully saturated rings. The van der Waals surface area contributed by atoms with Crippen LogP contribution in [0.15, 0.2) is 84.9 Å². The van der Waals surface area contributed by atoms with Crippen molar-refractivity contribution in [1.29, 1.82) is 0 Å². The smallest absolute Gasteiger partial charge is 0.417 e. The highest BCUT2D eigenvalue weighted by Crippen LogP contribution is 2.38. The largest absolute Gasteiger partial charge is 0.486 e. The number of nitrogens with one attached hydrogen (secondary N) is 1. The average Bonchev–Trinajstić information content (AvgIpc) is 3.09. The number of carbonyl (C=O) groups excluding carboxylic acids is 2. The Morgan fingerprint density at radius 3 is 2.23 bits per heavy atom. The van der Waals surface area contributed by atoms with E-state index in [0.29, 0.717) is 24.7 Å². The van der Waals surface area contributed by atoms with E-state index in [2.05, 4.69) is 5.32 Å². The Bertz CT molecular complexity index is 1910. The first-order valence-electron chi connectivity index (χ1n) is 16.8. The molecule has 282 valence electrons. The van der Waals surface area contributed by atoms with Crippen molar-refractivity contribution < 1.29 is 50.2 Å². The third-order valence-electron chi connectivity index (χ3n) is 9.11. The van der Waals surface area contributed by atoms with E-state index >= 15 is 0 Å². The minimum absolute atomic E-state index is 0.0956. The van der Waals surface area contributed by atoms with Crippen LogP contribution in [0, 0.1) is 11.7 Å². The number of rotatable bonds is 10. The standard InChI is InChI=1S/C39H38F7N3O4/c1-23-19-49(24(2)22-50)37(52)30-5-4-6-33(47-35(51)17-25-9-13-28(14-10-25)38(41,42)43)36(30)53-34(23)21-48(3)20-26-7-11-27(12-8-26)31-18-29(40)15-16-32(31)39(44,45)46/h4-16,18,23-24,34,50H,17,19-22H2,1-3H3,(H,47,51)/t23-,24+,34-/m1/s1. The van der Waals surface area contributed by atoms with Crippen LogP contribution in [-0.4, -0.2) is 65.6 Å². The van der Waals surface area contributed by atoms with Gasteiger partial charge in [-0.05, 0) is 78.7 Å². The van der Waals surface area contributed by atoms with Crippen molar-refractivity contribution in [2.45, 2.75) is 51.3 Å². The molecule has 53 heavy (non-hydrogen) atoms. The van der Waals surface area contributed by atoms with E-state index < -0.39 is 53.3 Å². The van der Waals surface area contributed by atoms with Gasteiger partial charge in [0, 0.05) is 25.6 Å². The summed E-state index contributed by atoms with van der Waals surface area (Å²) >= 11 is 0. The second-order valence-corrected chi connectivity index (χ2v) is 13.3. The molecule has 3 atom stereocenters. The van der Waals surface area contributed by atoms with Crippen LogP contribution in [0.4, 0.5) is 36.4 Å². The van der Waals surface area contributed by atoms with Crippen LogP contribution in [0.5, 0.6) is 5.75 Å². The van der Waals surface area contributed by atoms with Gasteiger partial charge in [0.05, 0.1) is 41.4 Å². The molecule has 1 aliphatic rings. The van der Waals surface area contributed by atoms with Crippen molar-refractivity contribution in [2.75, 3.05) is 32.1 Å². The molecule has 4 aromatic carbocycles. The molecule has 5 rings (SSSR count). The van der Waals surface area contributed by atoms with Gasteiger partial charge in [-0.2, -0.15) is 26.3 Å². The zero-order chi connectivity index (χ0) is 38.7. The van der Waals surface area contributed by atoms with Gasteiger partial charge in [0.2, 0.25) is 5.91 Å². The van der Waals surface area contributed by atoms with Gasteiger partial charge in [-0.25, -0.2) is 4.39 Å². The molecule has 2 N–H and O–H groups in total. The molecule has 0 saturated carbocycles. The van der Waals surface area contributed by atoms with Crippen LogP contribution in [0.25, 0.3) is 11.1 Å². The second kappa shape index (κ2) is 16.0. The first kappa shape index (κ1) is 39.3. The highest BCUT2D eigenvalue weighted by Gasteiger charge is 2.36. The van der Waals surface area contributed by atoms with Crippen LogP contribution in [-0.2, 0) is 30.1 Å². The summed E-state index contributed by atoms with van der Waals surface area (Å²) in [6.07, 6.45) is -10.0. The number of anilines is 1. The van der Waals surface area contributed by atoms with Gasteiger partial charge in [-0.1, -0.05) is 49.4 Å². The van der Waals surface area contributed by atoms with E-state index in [4.69, 9.17) is 4.74 Å². The maximum atomic E-state index is 13.9. The fourth-order valence-electron chi connectivity index (χ4n) is 6.23. The molecule has 0 saturated heterocycles. The molecule has 7 nitrogen and oxygen atoms in total. The Balaban J connectivity index is 1.37. The molecule has 0 radical (unpaired) electrons. The van der Waals surface area contributed by atoms with Gasteiger partial charge in [0.25, 0.3) is 5.91 Å². The minimum atomic E-state index is -4.67. The number of fused-ring (bicyclic) bond motifs is 1. The van der Waals surface area contributed by atoms with E-state index in [-0.39, 0.29) is 53.6 Å². The SMILES string of the molecule is C[C@@H]1CN([C@@H](C)CO)C(=O)c2cccc(NC(=O)Cc3ccc(C(F)(F)F)cc3)c2O[C@@H]1CN(C)Cc1ccc(-c2cc(F)ccc2C(F)(F)F)cc1. The van der Waals surface area contributed by atoms with Gasteiger partial charge in [0.1, 0.15) is 11.9 Å². The molecule has 0 aromatic heterocycles. The quantitative estimate of drug-likeness (QED) is 0.161. The number of benzene rings is 4. The van der Waals surface area contributed by atoms with E-state index in [0.717, 1.165) is 29.8 Å². The summed E-state index contributed by atoms with van der Waals surface area (Å²) in [5.41, 5.74) is -0.448. The number of aliphatic hydroxyl groups excluding tert-OH is 1. The van der Waals surface area contributed by atoms with Crippen LogP contribution in [0.3, 0.4) is 0 Å². The first-order valence-corrected chi connectivity index (χ1v) is 16.8. The lowest BCUT2D eigenvalue weighted by Crippen LogP contribution is -2.49. The number of nitrogens with zero attached hydrogens (tertiary/aromatic N) is 2. The Hall–Kier alpha value is -4.95. The highest BCUT2D eigenvalue weighted by molar-refractivity contribution is 6.02. The van der Waals surface area contributed by atoms with E-state index in [1.807, 2.05) is 18.9 Å². The Morgan fingerprint density at radius 2 is 1.60 bits per heavy atom. The van der Waals surface area contributed by atoms with Crippen molar-refractivity contribution in [2.24, 2.45) is 5.92 Å². The van der Waals surface area contributed by atoms with Crippen molar-refractivity contribution in [3.63, 3.8) is 0 Å². The Morgan fingerprint density at radius 1 is 0.943 bits per heavy atom. The molecule has 0 unspecified atom stereocenters. The number of hydrogen-bond acceptors (Lipinski definition) is 5. The summed E-state index contributed by atoms with van der Waals surface area (Å²) in [4.78, 5) is 30.4. The van der Waals surface area contributed by atoms with Crippen molar-refractivity contribution in [1.82, 2.24) is 9.80 Å². The summed E-state index contributed by atoms with van der Waals surface area (Å²) in [6, 6.07) is 17.0. The van der Waals surface area contributed by atoms with Crippen molar-refractivity contribution in [3.8, 4) is 16.9 Å². The maximum absolute atomic E-state index is 13.9. The van der Waals surface area contributed by atoms with E-state index in [1.165, 1.54) is 29.2 Å². The van der Waals surface area contributed by atoms with Crippen LogP contribution >= 0.6 is 0 Å². The van der Waals surface area contributed by atoms with Crippen LogP contribution in [0.1, 0.15) is 46.5 Å². The molecule has 4 aromatic rings. The lowest BCUT2D eigenvalue weighted by atomic mass is 9.97. The number of aliphatic hydroxyl groups is 1. The lowest BCUT2D eigenvalue weighted by molar-refractivity contribution is -0.138. The van der Waals surface area contributed by atoms with Gasteiger partial charge in [-0.15, -0.1) is 0 Å². The molecule has 0 spiro atoms. The van der Waals surface area contributed by atoms with Gasteiger partial charge >= 0.3 is 12.4 Å². The lowest BCUT2D eigenvalue weighted by Gasteiger charge is -2.38. The number of alkyl halides is 6. The fraction of sp³-hybridized carbons (Fsp3) is 0.333. The summed E-state index contributed by atoms with van der Waals surface area (Å²) < 4.78 is 100. The Labute approximate surface area is 302 Å². The molecule has 2 amide bonds. The number of likely N-dealkylation sites (N-methyl/N-ethyl adjacent to an activating group) is 1. The average molecular weight is 746 g/mol. The summed E-state index contributed by atoms with van der Waals surface area (Å²) in [5.74, 6) is -1.97. The molecular formula is C39H38F7N3O4. The molecule has 1 heterocycles. The number of amides is 2. The van der Waals surface area contributed by atoms with E-state index in [9.17, 15) is 45.4 Å². The maximum Gasteiger partial charge on any atom is 0.417 e. The molecular weight excluding hydrogens is 707 g/mol. The number of para-hydroxylation sites is 1. The number of hydrogen-bond donors (Lipinski definition) is 2. The number of ether oxygens (including phenoxy) is 1. The van der Waals surface area contributed by atoms with E-state index in [1.54, 1.807) is 37.3 Å². The second-order valence-electron chi connectivity index (χ2n) is 13.3. The highest BCUT2D eigenvalue weighted by atomic mass is 19.4. The summed E-state index contributed by atoms with van der Waals surface area (Å²) in [6.45, 7) is 4.15. The topological polar surface area (TPSA) is 82.1 Å². The fourth-order valence-corrected chi connectivity index (χ4v) is 6.23. The van der Waals surface area contributed by atoms with Gasteiger partial charge in [0.15, 0.2) is 5.75 Å². The number of carbonyl (C=O) groups is 2. The van der Waals surface area contributed by atoms with Crippen molar-refractivity contribution in [3.05, 3.63) is 119 Å². The molecule has 0 aliphatic carbocycles. The zero-order valence-electron chi connectivity index (χ0n) is 29.1. The molecule has 1 aliphatic heterocycles. The zero-order valence-corrected chi connectivity index (χ0v) is 29.1. The molecule has 0 bridgehead atoms. The van der Waals surface area contributed by atoms with Crippen LogP contribution < -0.4 is 10.1 Å². The Kier molecular flexibility index (Phi) is 11.8. The summed E-state index contributed by atoms with van der Waals surface area (Å²) in [7, 11) is 1.81. The predicted octanol–water partition coefficient (Wildman–Crippen LogP) is 8.06. The van der Waals surface area contributed by atoms with Gasteiger partial charge < -0.3 is 20.1 Å². The minimum Gasteiger partial charge on any atom is -0.486 e. The third kappa shape index (κ3) is 9.54.